The average molecular weight is 1010 g/mol. The maximum absolute atomic E-state index is 15.4. The largest absolute Gasteiger partial charge is 0.508 e. The number of benzene rings is 4. The Labute approximate surface area is 415 Å². The van der Waals surface area contributed by atoms with Crippen LogP contribution in [0.25, 0.3) is 32.4 Å². The lowest BCUT2D eigenvalue weighted by Gasteiger charge is -2.69. The molecule has 12 aliphatic rings. The summed E-state index contributed by atoms with van der Waals surface area (Å²) in [7, 11) is 9.21. The molecule has 18 atom stereocenters. The molecule has 9 bridgehead atoms. The first-order valence-corrected chi connectivity index (χ1v) is 29.8. The van der Waals surface area contributed by atoms with Crippen LogP contribution in [0.3, 0.4) is 0 Å². The number of aliphatic hydroxyl groups is 5. The summed E-state index contributed by atoms with van der Waals surface area (Å²) in [6, 6.07) is 21.9. The predicted molar refractivity (Wildman–Crippen MR) is 270 cm³/mol. The molecule has 5 saturated heterocycles. The van der Waals surface area contributed by atoms with E-state index in [-0.39, 0.29) is 52.2 Å². The molecule has 5 aromatic rings. The molecule has 4 saturated carbocycles. The van der Waals surface area contributed by atoms with Crippen LogP contribution in [0.1, 0.15) is 67.7 Å². The number of phenolic OH excluding ortho intramolecular Hbond substituents is 1. The second kappa shape index (κ2) is 15.9. The van der Waals surface area contributed by atoms with Gasteiger partial charge >= 0.3 is 5.97 Å². The van der Waals surface area contributed by atoms with Crippen molar-refractivity contribution in [3.8, 4) is 11.5 Å². The summed E-state index contributed by atoms with van der Waals surface area (Å²) in [4.78, 5) is 18.7. The van der Waals surface area contributed by atoms with Crippen molar-refractivity contribution in [1.82, 2.24) is 10.3 Å². The van der Waals surface area contributed by atoms with E-state index < -0.39 is 83.1 Å². The summed E-state index contributed by atoms with van der Waals surface area (Å²) < 4.78 is 20.7. The second-order valence-electron chi connectivity index (χ2n) is 21.9. The van der Waals surface area contributed by atoms with Gasteiger partial charge in [-0.1, -0.05) is 79.6 Å². The summed E-state index contributed by atoms with van der Waals surface area (Å²) in [6.45, 7) is -0.467. The van der Waals surface area contributed by atoms with Gasteiger partial charge < -0.3 is 55.2 Å². The first-order chi connectivity index (χ1) is 33.5. The van der Waals surface area contributed by atoms with Gasteiger partial charge in [-0.3, -0.25) is 0 Å². The van der Waals surface area contributed by atoms with Crippen molar-refractivity contribution in [2.75, 3.05) is 24.3 Å². The number of carbonyl (C=O) groups is 1. The molecule has 1 aromatic heterocycles. The van der Waals surface area contributed by atoms with Crippen LogP contribution >= 0.6 is 43.2 Å². The Kier molecular flexibility index (Phi) is 10.4. The molecule has 8 N–H and O–H groups in total. The van der Waals surface area contributed by atoms with Crippen molar-refractivity contribution in [2.45, 2.75) is 116 Å². The fourth-order valence-corrected chi connectivity index (χ4v) is 23.7. The Morgan fingerprint density at radius 3 is 2.51 bits per heavy atom. The van der Waals surface area contributed by atoms with E-state index in [1.165, 1.54) is 5.56 Å². The van der Waals surface area contributed by atoms with Crippen molar-refractivity contribution in [1.29, 1.82) is 0 Å². The molecule has 2 spiro atoms. The van der Waals surface area contributed by atoms with Crippen LogP contribution in [-0.2, 0) is 26.3 Å². The molecule has 17 rings (SSSR count). The van der Waals surface area contributed by atoms with E-state index in [0.29, 0.717) is 35.9 Å². The van der Waals surface area contributed by atoms with Gasteiger partial charge in [-0.2, -0.15) is 0 Å². The molecule has 69 heavy (non-hydrogen) atoms. The topological polar surface area (TPSA) is 194 Å². The van der Waals surface area contributed by atoms with Gasteiger partial charge in [-0.25, -0.2) is 4.79 Å². The third-order valence-electron chi connectivity index (χ3n) is 19.6. The number of rotatable bonds is 4. The normalized spacial score (nSPS) is 43.9. The highest BCUT2D eigenvalue weighted by atomic mass is 33.1. The van der Waals surface area contributed by atoms with Crippen molar-refractivity contribution < 1.29 is 49.6 Å². The van der Waals surface area contributed by atoms with Gasteiger partial charge in [0.15, 0.2) is 17.5 Å². The summed E-state index contributed by atoms with van der Waals surface area (Å²) in [6.07, 6.45) is -0.936. The molecule has 9 fully saturated rings. The Morgan fingerprint density at radius 2 is 1.68 bits per heavy atom. The quantitative estimate of drug-likeness (QED) is 0.0515. The number of hydrogen-bond donors (Lipinski definition) is 8. The Balaban J connectivity index is 0.968. The van der Waals surface area contributed by atoms with Gasteiger partial charge in [0.1, 0.15) is 18.0 Å². The minimum absolute atomic E-state index is 0.0829. The van der Waals surface area contributed by atoms with E-state index in [0.717, 1.165) is 64.3 Å². The average Bonchev–Trinajstić information content (AvgIpc) is 4.07. The van der Waals surface area contributed by atoms with Crippen LogP contribution in [0.4, 0.5) is 0 Å². The van der Waals surface area contributed by atoms with Crippen LogP contribution in [0.15, 0.2) is 66.7 Å². The van der Waals surface area contributed by atoms with E-state index in [9.17, 15) is 30.6 Å². The van der Waals surface area contributed by atoms with E-state index in [2.05, 4.69) is 22.4 Å². The van der Waals surface area contributed by atoms with Gasteiger partial charge in [0.25, 0.3) is 0 Å². The van der Waals surface area contributed by atoms with Crippen molar-refractivity contribution >= 4 is 81.6 Å². The SMILES string of the molecule is CNC1CSSC2CSSCC3CC4C5CC1C(O)C1(CCC6CCC7CC2c2cc(O)ccc2C671)C5OC1C(C(=O)Oc2c(CO)[nH]c5ccc6cc7ccccc7cc6c25)OC(O)(C3O)C41O. The molecule has 4 aromatic carbocycles. The molecule has 0 radical (unpaired) electrons. The van der Waals surface area contributed by atoms with Crippen LogP contribution < -0.4 is 10.1 Å². The number of fused-ring (bicyclic) bond motifs is 4. The number of H-pyrrole nitrogens is 1. The molecule has 18 unspecified atom stereocenters. The molecule has 364 valence electrons. The number of aromatic hydroxyl groups is 1. The molecule has 0 amide bonds. The van der Waals surface area contributed by atoms with Crippen molar-refractivity contribution in [2.24, 2.45) is 40.9 Å². The number of nitrogens with one attached hydrogen (secondary N) is 2. The Hall–Kier alpha value is -2.71. The van der Waals surface area contributed by atoms with Gasteiger partial charge in [0.05, 0.1) is 35.4 Å². The lowest BCUT2D eigenvalue weighted by atomic mass is 9.41. The van der Waals surface area contributed by atoms with Gasteiger partial charge in [0.2, 0.25) is 5.79 Å². The first kappa shape index (κ1) is 44.9. The molecular formula is C53H58N2O10S4. The van der Waals surface area contributed by atoms with Crippen LogP contribution in [0, 0.1) is 40.9 Å². The monoisotopic (exact) mass is 1010 g/mol. The lowest BCUT2D eigenvalue weighted by Crippen LogP contribution is -2.79. The maximum Gasteiger partial charge on any atom is 0.343 e. The highest BCUT2D eigenvalue weighted by molar-refractivity contribution is 8.78. The number of carbonyl (C=O) groups excluding carboxylic acids is 1. The Morgan fingerprint density at radius 1 is 0.870 bits per heavy atom. The number of hydrogen-bond acceptors (Lipinski definition) is 15. The molecule has 5 aliphatic carbocycles. The predicted octanol–water partition coefficient (Wildman–Crippen LogP) is 7.14. The minimum Gasteiger partial charge on any atom is -0.508 e. The molecule has 7 aliphatic heterocycles. The zero-order valence-electron chi connectivity index (χ0n) is 38.2. The van der Waals surface area contributed by atoms with Crippen molar-refractivity contribution in [3.63, 3.8) is 0 Å². The summed E-state index contributed by atoms with van der Waals surface area (Å²) in [5.74, 6) is -2.39. The summed E-state index contributed by atoms with van der Waals surface area (Å²) >= 11 is 0. The first-order valence-electron chi connectivity index (χ1n) is 24.9. The third-order valence-corrected chi connectivity index (χ3v) is 25.3. The van der Waals surface area contributed by atoms with Gasteiger partial charge in [-0.15, -0.1) is 0 Å². The Bertz CT molecular complexity index is 2940. The number of esters is 1. The fourth-order valence-electron chi connectivity index (χ4n) is 17.1. The van der Waals surface area contributed by atoms with Crippen LogP contribution in [0.2, 0.25) is 0 Å². The molecular weight excluding hydrogens is 953 g/mol. The van der Waals surface area contributed by atoms with E-state index in [1.54, 1.807) is 21.6 Å². The second-order valence-corrected chi connectivity index (χ2v) is 27.1. The fraction of sp³-hybridized carbons (Fsp3) is 0.566. The molecule has 16 heteroatoms. The van der Waals surface area contributed by atoms with E-state index in [1.807, 2.05) is 83.2 Å². The van der Waals surface area contributed by atoms with E-state index in [4.69, 9.17) is 14.2 Å². The van der Waals surface area contributed by atoms with E-state index >= 15 is 4.79 Å². The van der Waals surface area contributed by atoms with Gasteiger partial charge in [-0.05, 0) is 139 Å². The van der Waals surface area contributed by atoms with Crippen molar-refractivity contribution in [3.05, 3.63) is 83.6 Å². The lowest BCUT2D eigenvalue weighted by molar-refractivity contribution is -0.379. The molecule has 12 nitrogen and oxygen atoms in total. The van der Waals surface area contributed by atoms with Gasteiger partial charge in [0, 0.05) is 57.1 Å². The maximum atomic E-state index is 15.4. The highest BCUT2D eigenvalue weighted by Gasteiger charge is 2.84. The number of aromatic amines is 1. The smallest absolute Gasteiger partial charge is 0.343 e. The third kappa shape index (κ3) is 5.75. The summed E-state index contributed by atoms with van der Waals surface area (Å²) in [5, 5.41) is 83.7. The number of aromatic nitrogens is 1. The number of phenols is 1. The zero-order chi connectivity index (χ0) is 46.9. The highest BCUT2D eigenvalue weighted by Crippen LogP contribution is 2.78. The summed E-state index contributed by atoms with van der Waals surface area (Å²) in [5.41, 5.74) is -0.382. The minimum atomic E-state index is -2.61. The zero-order valence-corrected chi connectivity index (χ0v) is 41.4. The van der Waals surface area contributed by atoms with Crippen LogP contribution in [-0.4, -0.2) is 119 Å². The standard InChI is InChI=1S/C53H58N2O10S4/c1-54-40-22-68-69-41-23-67-66-21-27-16-37-34-19-35(40)46(59)50(13-12-28-7-8-29-17-33(41)32-18-30(57)9-10-36(32)51(28,29)50)47(34)64-48-44(65-53(62,45(27)58)52(37,48)61)49(60)63-43-39(20-56)55-38-11-6-26-14-24-4-2-3-5-25(24)15-31(26)42(38)43/h2-6,9-11,14-15,18,27-29,33-35,37,40-41,44-48,54-59,61-62H,7-8,12-13,16-17,19-23H2,1H3. The number of ether oxygens (including phenoxy) is 3. The molecule has 8 heterocycles. The number of aliphatic hydroxyl groups excluding tert-OH is 3. The van der Waals surface area contributed by atoms with Crippen LogP contribution in [0.5, 0.6) is 11.5 Å².